The molecule has 9 heavy (non-hydrogen) atoms. The molecule has 0 aliphatic heterocycles. The van der Waals surface area contributed by atoms with Gasteiger partial charge in [-0.3, -0.25) is 4.37 Å². The largest absolute Gasteiger partial charge is 0.313 e. The van der Waals surface area contributed by atoms with Gasteiger partial charge in [-0.05, 0) is 36.0 Å². The molecule has 7 heteroatoms. The molecule has 0 aliphatic carbocycles. The monoisotopic (exact) mass is 196 g/mol. The summed E-state index contributed by atoms with van der Waals surface area (Å²) >= 11 is 10.7. The van der Waals surface area contributed by atoms with Crippen LogP contribution in [0.25, 0.3) is 0 Å². The van der Waals surface area contributed by atoms with Crippen molar-refractivity contribution in [3.05, 3.63) is 8.73 Å². The molecule has 0 spiro atoms. The Morgan fingerprint density at radius 3 is 1.89 bits per heavy atom. The Labute approximate surface area is 111 Å². The van der Waals surface area contributed by atoms with Crippen LogP contribution >= 0.6 is 36.0 Å². The van der Waals surface area contributed by atoms with Gasteiger partial charge in [0, 0.05) is 59.1 Å². The van der Waals surface area contributed by atoms with E-state index in [0.717, 1.165) is 0 Å². The molecule has 0 aromatic carbocycles. The van der Waals surface area contributed by atoms with E-state index in [1.165, 1.54) is 11.5 Å². The first-order valence-corrected chi connectivity index (χ1v) is 3.20. The molecular weight excluding hydrogens is 194 g/mol. The van der Waals surface area contributed by atoms with E-state index in [9.17, 15) is 0 Å². The van der Waals surface area contributed by atoms with Crippen LogP contribution in [0.15, 0.2) is 0 Å². The molecule has 2 radical (unpaired) electrons. The van der Waals surface area contributed by atoms with Crippen molar-refractivity contribution in [2.75, 3.05) is 0 Å². The van der Waals surface area contributed by atoms with Gasteiger partial charge >= 0.3 is 0 Å². The minimum Gasteiger partial charge on any atom is -0.313 e. The molecule has 0 atom stereocenters. The Balaban J connectivity index is 0. The van der Waals surface area contributed by atoms with Crippen molar-refractivity contribution >= 4 is 95.1 Å². The molecule has 0 unspecified atom stereocenters. The minimum absolute atomic E-state index is 0. The Morgan fingerprint density at radius 1 is 1.22 bits per heavy atom. The first kappa shape index (κ1) is 13.6. The van der Waals surface area contributed by atoms with Crippen molar-refractivity contribution in [3.63, 3.8) is 0 Å². The summed E-state index contributed by atoms with van der Waals surface area (Å²) in [5.74, 6) is 0. The summed E-state index contributed by atoms with van der Waals surface area (Å²) < 4.78 is 4.07. The summed E-state index contributed by atoms with van der Waals surface area (Å²) in [4.78, 5) is 2.73. The standard InChI is InChI=1S/C2H2N2S3.2Na/c5-1-3-2(6)7-4-1;;/h(H2,3,4,5,6);;. The van der Waals surface area contributed by atoms with Gasteiger partial charge in [-0.2, -0.15) is 0 Å². The molecule has 0 fully saturated rings. The average Bonchev–Trinajstić information content (AvgIpc) is 1.87. The predicted molar refractivity (Wildman–Crippen MR) is 46.2 cm³/mol. The first-order valence-electron chi connectivity index (χ1n) is 1.57. The van der Waals surface area contributed by atoms with Gasteiger partial charge in [-0.1, -0.05) is 0 Å². The summed E-state index contributed by atoms with van der Waals surface area (Å²) in [6.45, 7) is 0. The Bertz CT molecular complexity index is 222. The zero-order valence-corrected chi connectivity index (χ0v) is 11.7. The fraction of sp³-hybridized carbons (Fsp3) is 0. The molecule has 1 heterocycles. The van der Waals surface area contributed by atoms with Gasteiger partial charge < -0.3 is 4.98 Å². The maximum Gasteiger partial charge on any atom is 0.185 e. The van der Waals surface area contributed by atoms with E-state index in [1.807, 2.05) is 0 Å². The predicted octanol–water partition coefficient (Wildman–Crippen LogP) is 1.10. The van der Waals surface area contributed by atoms with Crippen molar-refractivity contribution in [2.24, 2.45) is 0 Å². The number of nitrogens with one attached hydrogen (secondary N) is 2. The second kappa shape index (κ2) is 6.69. The van der Waals surface area contributed by atoms with Crippen LogP contribution in [-0.4, -0.2) is 68.5 Å². The number of H-pyrrole nitrogens is 2. The van der Waals surface area contributed by atoms with Crippen LogP contribution < -0.4 is 0 Å². The van der Waals surface area contributed by atoms with E-state index in [0.29, 0.717) is 8.73 Å². The number of rotatable bonds is 0. The number of aromatic amines is 2. The van der Waals surface area contributed by atoms with E-state index < -0.39 is 0 Å². The Hall–Kier alpha value is 2.00. The van der Waals surface area contributed by atoms with Gasteiger partial charge in [0.15, 0.2) is 8.73 Å². The number of aromatic nitrogens is 2. The molecule has 0 saturated carbocycles. The van der Waals surface area contributed by atoms with Crippen LogP contribution in [0.2, 0.25) is 0 Å². The van der Waals surface area contributed by atoms with Gasteiger partial charge in [-0.25, -0.2) is 0 Å². The van der Waals surface area contributed by atoms with E-state index in [2.05, 4.69) is 21.6 Å². The van der Waals surface area contributed by atoms with Crippen molar-refractivity contribution in [1.82, 2.24) is 9.36 Å². The first-order chi connectivity index (χ1) is 3.29. The van der Waals surface area contributed by atoms with Crippen LogP contribution in [0.4, 0.5) is 0 Å². The second-order valence-electron chi connectivity index (χ2n) is 0.946. The third-order valence-electron chi connectivity index (χ3n) is 0.452. The zero-order chi connectivity index (χ0) is 5.28. The molecule has 1 aromatic heterocycles. The van der Waals surface area contributed by atoms with Crippen molar-refractivity contribution in [2.45, 2.75) is 0 Å². The van der Waals surface area contributed by atoms with Gasteiger partial charge in [0.2, 0.25) is 0 Å². The molecule has 0 amide bonds. The molecule has 2 N–H and O–H groups in total. The van der Waals surface area contributed by atoms with Crippen LogP contribution in [-0.2, 0) is 0 Å². The number of hydrogen-bond donors (Lipinski definition) is 2. The summed E-state index contributed by atoms with van der Waals surface area (Å²) in [5.41, 5.74) is 0. The summed E-state index contributed by atoms with van der Waals surface area (Å²) in [6, 6.07) is 0. The van der Waals surface area contributed by atoms with Gasteiger partial charge in [0.25, 0.3) is 0 Å². The molecular formula is C2H2N2Na2S3. The third-order valence-corrected chi connectivity index (χ3v) is 1.73. The molecule has 1 rings (SSSR count). The summed E-state index contributed by atoms with van der Waals surface area (Å²) in [5, 5.41) is 0. The van der Waals surface area contributed by atoms with Crippen LogP contribution in [0, 0.1) is 8.73 Å². The van der Waals surface area contributed by atoms with Gasteiger partial charge in [-0.15, -0.1) is 0 Å². The van der Waals surface area contributed by atoms with E-state index in [-0.39, 0.29) is 59.1 Å². The molecule has 0 aliphatic rings. The molecule has 0 bridgehead atoms. The Kier molecular flexibility index (Phi) is 10.1. The molecule has 0 saturated heterocycles. The molecule has 40 valence electrons. The van der Waals surface area contributed by atoms with Gasteiger partial charge in [0.1, 0.15) is 0 Å². The van der Waals surface area contributed by atoms with Crippen molar-refractivity contribution < 1.29 is 0 Å². The number of hydrogen-bond acceptors (Lipinski definition) is 3. The summed E-state index contributed by atoms with van der Waals surface area (Å²) in [6.07, 6.45) is 0. The Morgan fingerprint density at radius 2 is 1.78 bits per heavy atom. The second-order valence-corrected chi connectivity index (χ2v) is 2.84. The van der Waals surface area contributed by atoms with E-state index in [4.69, 9.17) is 12.2 Å². The summed E-state index contributed by atoms with van der Waals surface area (Å²) in [7, 11) is 0. The van der Waals surface area contributed by atoms with Crippen molar-refractivity contribution in [1.29, 1.82) is 0 Å². The van der Waals surface area contributed by atoms with Gasteiger partial charge in [0.05, 0.1) is 0 Å². The SMILES string of the molecule is S=c1[nH]sc(=S)[nH]1.[Na].[Na]. The zero-order valence-electron chi connectivity index (χ0n) is 5.22. The van der Waals surface area contributed by atoms with Crippen molar-refractivity contribution in [3.8, 4) is 0 Å². The normalized spacial score (nSPS) is 7.11. The van der Waals surface area contributed by atoms with E-state index >= 15 is 0 Å². The molecule has 1 aromatic rings. The van der Waals surface area contributed by atoms with Crippen LogP contribution in [0.1, 0.15) is 0 Å². The smallest absolute Gasteiger partial charge is 0.185 e. The quantitative estimate of drug-likeness (QED) is 0.481. The fourth-order valence-corrected chi connectivity index (χ4v) is 1.21. The average molecular weight is 196 g/mol. The fourth-order valence-electron chi connectivity index (χ4n) is 0.236. The van der Waals surface area contributed by atoms with E-state index in [1.54, 1.807) is 0 Å². The third kappa shape index (κ3) is 5.29. The maximum absolute atomic E-state index is 4.70. The van der Waals surface area contributed by atoms with Crippen LogP contribution in [0.3, 0.4) is 0 Å². The van der Waals surface area contributed by atoms with Crippen LogP contribution in [0.5, 0.6) is 0 Å². The molecule has 2 nitrogen and oxygen atoms in total. The maximum atomic E-state index is 4.70. The minimum atomic E-state index is 0. The topological polar surface area (TPSA) is 31.6 Å².